The molecule has 1 saturated carbocycles. The second kappa shape index (κ2) is 7.68. The van der Waals surface area contributed by atoms with Gasteiger partial charge in [-0.3, -0.25) is 9.59 Å². The zero-order valence-corrected chi connectivity index (χ0v) is 17.4. The van der Waals surface area contributed by atoms with E-state index in [4.69, 9.17) is 4.52 Å². The number of piperidine rings is 1. The molecule has 1 aliphatic heterocycles. The van der Waals surface area contributed by atoms with Crippen molar-refractivity contribution >= 4 is 23.2 Å². The van der Waals surface area contributed by atoms with Crippen LogP contribution < -0.4 is 5.32 Å². The average molecular weight is 423 g/mol. The van der Waals surface area contributed by atoms with Crippen molar-refractivity contribution in [2.24, 2.45) is 11.8 Å². The molecule has 2 aromatic heterocycles. The summed E-state index contributed by atoms with van der Waals surface area (Å²) >= 11 is 1.47. The van der Waals surface area contributed by atoms with Crippen LogP contribution in [0.3, 0.4) is 0 Å². The summed E-state index contributed by atoms with van der Waals surface area (Å²) in [6, 6.07) is 11.4. The quantitative estimate of drug-likeness (QED) is 0.696. The van der Waals surface area contributed by atoms with Gasteiger partial charge in [-0.2, -0.15) is 0 Å². The van der Waals surface area contributed by atoms with Crippen molar-refractivity contribution in [1.29, 1.82) is 0 Å². The molecule has 0 radical (unpaired) electrons. The van der Waals surface area contributed by atoms with Gasteiger partial charge in [-0.15, -0.1) is 11.3 Å². The molecule has 154 valence electrons. The molecule has 1 N–H and O–H groups in total. The van der Waals surface area contributed by atoms with Crippen LogP contribution in [0.15, 0.2) is 46.3 Å². The fourth-order valence-corrected chi connectivity index (χ4v) is 5.19. The number of hydrogen-bond acceptors (Lipinski definition) is 6. The number of benzene rings is 1. The Morgan fingerprint density at radius 1 is 1.17 bits per heavy atom. The molecule has 0 spiro atoms. The Kier molecular flexibility index (Phi) is 4.86. The highest BCUT2D eigenvalue weighted by atomic mass is 32.1. The largest absolute Gasteiger partial charge is 0.350 e. The van der Waals surface area contributed by atoms with Crippen LogP contribution in [0.5, 0.6) is 0 Å². The van der Waals surface area contributed by atoms with Crippen LogP contribution in [-0.4, -0.2) is 46.0 Å². The molecule has 1 unspecified atom stereocenters. The van der Waals surface area contributed by atoms with Crippen molar-refractivity contribution in [2.75, 3.05) is 13.1 Å². The lowest BCUT2D eigenvalue weighted by Crippen LogP contribution is -2.54. The van der Waals surface area contributed by atoms with Crippen LogP contribution in [0, 0.1) is 18.8 Å². The number of carbonyl (C=O) groups is 2. The highest BCUT2D eigenvalue weighted by molar-refractivity contribution is 7.09. The van der Waals surface area contributed by atoms with E-state index in [0.29, 0.717) is 24.5 Å². The smallest absolute Gasteiger partial charge is 0.292 e. The molecule has 7 nitrogen and oxygen atoms in total. The zero-order chi connectivity index (χ0) is 20.7. The summed E-state index contributed by atoms with van der Waals surface area (Å²) in [6.45, 7) is 3.11. The molecule has 1 aliphatic carbocycles. The summed E-state index contributed by atoms with van der Waals surface area (Å²) < 4.78 is 5.36. The van der Waals surface area contributed by atoms with Gasteiger partial charge in [0.25, 0.3) is 11.8 Å². The predicted molar refractivity (Wildman–Crippen MR) is 112 cm³/mol. The van der Waals surface area contributed by atoms with E-state index in [-0.39, 0.29) is 35.5 Å². The number of aromatic nitrogens is 2. The number of carbonyl (C=O) groups excluding carboxylic acids is 2. The molecule has 30 heavy (non-hydrogen) atoms. The predicted octanol–water partition coefficient (Wildman–Crippen LogP) is 3.39. The van der Waals surface area contributed by atoms with E-state index < -0.39 is 0 Å². The number of nitrogens with zero attached hydrogens (tertiary/aromatic N) is 3. The van der Waals surface area contributed by atoms with E-state index in [2.05, 4.69) is 15.5 Å². The second-order valence-electron chi connectivity index (χ2n) is 8.00. The fraction of sp³-hybridized carbons (Fsp3) is 0.364. The number of thiazole rings is 1. The highest BCUT2D eigenvalue weighted by Crippen LogP contribution is 2.37. The number of fused-ring (bicyclic) bond motifs is 2. The third kappa shape index (κ3) is 3.52. The van der Waals surface area contributed by atoms with Gasteiger partial charge in [-0.1, -0.05) is 35.5 Å². The number of likely N-dealkylation sites (tertiary alicyclic amines) is 1. The van der Waals surface area contributed by atoms with Crippen LogP contribution >= 0.6 is 11.3 Å². The van der Waals surface area contributed by atoms with Gasteiger partial charge >= 0.3 is 0 Å². The monoisotopic (exact) mass is 422 g/mol. The van der Waals surface area contributed by atoms with Crippen LogP contribution in [0.1, 0.15) is 38.9 Å². The maximum Gasteiger partial charge on any atom is 0.292 e. The van der Waals surface area contributed by atoms with Gasteiger partial charge in [-0.05, 0) is 31.6 Å². The van der Waals surface area contributed by atoms with E-state index in [1.807, 2.05) is 42.2 Å². The van der Waals surface area contributed by atoms with Crippen LogP contribution in [-0.2, 0) is 0 Å². The third-order valence-electron chi connectivity index (χ3n) is 6.06. The molecule has 5 rings (SSSR count). The van der Waals surface area contributed by atoms with E-state index in [0.717, 1.165) is 23.4 Å². The molecule has 3 aromatic rings. The third-order valence-corrected chi connectivity index (χ3v) is 6.83. The second-order valence-corrected chi connectivity index (χ2v) is 9.06. The maximum absolute atomic E-state index is 13.0. The fourth-order valence-electron chi connectivity index (χ4n) is 4.59. The van der Waals surface area contributed by atoms with Crippen molar-refractivity contribution in [2.45, 2.75) is 25.8 Å². The van der Waals surface area contributed by atoms with E-state index in [1.54, 1.807) is 11.4 Å². The molecule has 2 amide bonds. The normalized spacial score (nSPS) is 22.8. The first-order valence-electron chi connectivity index (χ1n) is 10.1. The Labute approximate surface area is 178 Å². The van der Waals surface area contributed by atoms with Crippen molar-refractivity contribution in [1.82, 2.24) is 20.4 Å². The van der Waals surface area contributed by atoms with Gasteiger partial charge in [0.1, 0.15) is 11.4 Å². The Morgan fingerprint density at radius 2 is 1.90 bits per heavy atom. The molecular weight excluding hydrogens is 400 g/mol. The van der Waals surface area contributed by atoms with Crippen LogP contribution in [0.25, 0.3) is 11.3 Å². The lowest BCUT2D eigenvalue weighted by atomic mass is 9.91. The minimum Gasteiger partial charge on any atom is -0.350 e. The summed E-state index contributed by atoms with van der Waals surface area (Å²) in [6.07, 6.45) is 2.00. The number of aryl methyl sites for hydroxylation is 1. The SMILES string of the molecule is Cc1nc(C(=O)NC2[C@@H]3CC[C@H]2CN(C(=O)c2cc(-c4ccccc4)no2)C3)cs1. The Balaban J connectivity index is 1.26. The maximum atomic E-state index is 13.0. The van der Waals surface area contributed by atoms with Crippen LogP contribution in [0.4, 0.5) is 0 Å². The molecule has 1 saturated heterocycles. The van der Waals surface area contributed by atoms with Crippen molar-refractivity contribution in [3.8, 4) is 11.3 Å². The van der Waals surface area contributed by atoms with Crippen molar-refractivity contribution < 1.29 is 14.1 Å². The summed E-state index contributed by atoms with van der Waals surface area (Å²) in [5.41, 5.74) is 2.05. The zero-order valence-electron chi connectivity index (χ0n) is 16.6. The first kappa shape index (κ1) is 19.0. The first-order valence-corrected chi connectivity index (χ1v) is 11.0. The summed E-state index contributed by atoms with van der Waals surface area (Å²) in [5, 5.41) is 9.90. The minimum absolute atomic E-state index is 0.0816. The van der Waals surface area contributed by atoms with E-state index in [9.17, 15) is 9.59 Å². The average Bonchev–Trinajstić information content (AvgIpc) is 3.47. The topological polar surface area (TPSA) is 88.3 Å². The van der Waals surface area contributed by atoms with Gasteiger partial charge in [-0.25, -0.2) is 4.98 Å². The summed E-state index contributed by atoms with van der Waals surface area (Å²) in [7, 11) is 0. The molecule has 3 heterocycles. The standard InChI is InChI=1S/C22H22N4O3S/c1-13-23-18(12-30-13)21(27)24-20-15-7-8-16(20)11-26(10-15)22(28)19-9-17(25-29-19)14-5-3-2-4-6-14/h2-6,9,12,15-16,20H,7-8,10-11H2,1H3,(H,24,27)/t15-,16+,20?. The Bertz CT molecular complexity index is 1060. The number of amides is 2. The molecule has 8 heteroatoms. The van der Waals surface area contributed by atoms with Gasteiger partial charge in [0.05, 0.1) is 5.01 Å². The molecule has 1 aromatic carbocycles. The molecule has 2 aliphatic rings. The first-order chi connectivity index (χ1) is 14.6. The highest BCUT2D eigenvalue weighted by Gasteiger charge is 2.44. The minimum atomic E-state index is -0.138. The van der Waals surface area contributed by atoms with Crippen molar-refractivity contribution in [3.63, 3.8) is 0 Å². The van der Waals surface area contributed by atoms with E-state index >= 15 is 0 Å². The molecular formula is C22H22N4O3S. The lowest BCUT2D eigenvalue weighted by molar-refractivity contribution is 0.0560. The molecule has 2 fully saturated rings. The number of nitrogens with one attached hydrogen (secondary N) is 1. The Hall–Kier alpha value is -3.00. The van der Waals surface area contributed by atoms with Crippen molar-refractivity contribution in [3.05, 3.63) is 58.2 Å². The summed E-state index contributed by atoms with van der Waals surface area (Å²) in [4.78, 5) is 31.7. The number of rotatable bonds is 4. The lowest BCUT2D eigenvalue weighted by Gasteiger charge is -2.37. The number of hydrogen-bond donors (Lipinski definition) is 1. The van der Waals surface area contributed by atoms with Crippen LogP contribution in [0.2, 0.25) is 0 Å². The van der Waals surface area contributed by atoms with Gasteiger partial charge in [0, 0.05) is 36.1 Å². The van der Waals surface area contributed by atoms with Gasteiger partial charge < -0.3 is 14.7 Å². The molecule has 2 bridgehead atoms. The summed E-state index contributed by atoms with van der Waals surface area (Å²) in [5.74, 6) is 0.486. The van der Waals surface area contributed by atoms with Gasteiger partial charge in [0.15, 0.2) is 0 Å². The Morgan fingerprint density at radius 3 is 2.57 bits per heavy atom. The molecule has 3 atom stereocenters. The van der Waals surface area contributed by atoms with E-state index in [1.165, 1.54) is 11.3 Å². The van der Waals surface area contributed by atoms with Gasteiger partial charge in [0.2, 0.25) is 5.76 Å².